The van der Waals surface area contributed by atoms with Gasteiger partial charge in [0, 0.05) is 30.3 Å². The van der Waals surface area contributed by atoms with Crippen LogP contribution in [0.25, 0.3) is 10.9 Å². The van der Waals surface area contributed by atoms with Gasteiger partial charge in [0.2, 0.25) is 0 Å². The number of hydrogen-bond donors (Lipinski definition) is 1. The summed E-state index contributed by atoms with van der Waals surface area (Å²) in [5, 5.41) is 1.08. The van der Waals surface area contributed by atoms with E-state index < -0.39 is 0 Å². The van der Waals surface area contributed by atoms with Crippen LogP contribution < -0.4 is 0 Å². The van der Waals surface area contributed by atoms with Crippen LogP contribution in [0.4, 0.5) is 0 Å². The van der Waals surface area contributed by atoms with E-state index in [-0.39, 0.29) is 5.97 Å². The molecule has 0 fully saturated rings. The Morgan fingerprint density at radius 3 is 3.00 bits per heavy atom. The minimum absolute atomic E-state index is 0.307. The van der Waals surface area contributed by atoms with E-state index in [0.717, 1.165) is 30.4 Å². The Morgan fingerprint density at radius 1 is 1.40 bits per heavy atom. The Hall–Kier alpha value is -1.79. The summed E-state index contributed by atoms with van der Waals surface area (Å²) in [6.45, 7) is 1.71. The molecule has 0 aliphatic carbocycles. The van der Waals surface area contributed by atoms with Crippen LogP contribution in [0, 0.1) is 0 Å². The van der Waals surface area contributed by atoms with Crippen LogP contribution in [-0.4, -0.2) is 44.1 Å². The van der Waals surface area contributed by atoms with E-state index in [2.05, 4.69) is 9.79 Å². The molecule has 1 aliphatic rings. The topological polar surface area (TPSA) is 54.6 Å². The molecule has 2 heterocycles. The maximum absolute atomic E-state index is 11.6. The first kappa shape index (κ1) is 13.2. The van der Waals surface area contributed by atoms with Crippen LogP contribution in [0.2, 0.25) is 0 Å². The zero-order valence-corrected chi connectivity index (χ0v) is 11.6. The summed E-state index contributed by atoms with van der Waals surface area (Å²) >= 11 is 0. The van der Waals surface area contributed by atoms with Gasteiger partial charge in [-0.3, -0.25) is 0 Å². The second kappa shape index (κ2) is 5.30. The molecule has 0 amide bonds. The van der Waals surface area contributed by atoms with Gasteiger partial charge in [-0.25, -0.2) is 4.79 Å². The van der Waals surface area contributed by atoms with Crippen LogP contribution in [0.5, 0.6) is 0 Å². The van der Waals surface area contributed by atoms with Gasteiger partial charge >= 0.3 is 13.6 Å². The third kappa shape index (κ3) is 2.21. The van der Waals surface area contributed by atoms with E-state index in [4.69, 9.17) is 9.39 Å². The predicted molar refractivity (Wildman–Crippen MR) is 76.5 cm³/mol. The predicted octanol–water partition coefficient (Wildman–Crippen LogP) is 1.49. The Bertz CT molecular complexity index is 653. The molecule has 5 nitrogen and oxygen atoms in total. The number of H-pyrrole nitrogens is 1. The Kier molecular flexibility index (Phi) is 3.50. The van der Waals surface area contributed by atoms with Crippen molar-refractivity contribution in [3.05, 3.63) is 35.0 Å². The number of fused-ring (bicyclic) bond motifs is 3. The fourth-order valence-corrected chi connectivity index (χ4v) is 2.72. The number of rotatable bonds is 3. The third-order valence-corrected chi connectivity index (χ3v) is 3.68. The highest BCUT2D eigenvalue weighted by Gasteiger charge is 2.22. The lowest BCUT2D eigenvalue weighted by atomic mass is 9.99. The Balaban J connectivity index is 2.02. The van der Waals surface area contributed by atoms with Crippen molar-refractivity contribution in [1.29, 1.82) is 0 Å². The van der Waals surface area contributed by atoms with Gasteiger partial charge < -0.3 is 19.2 Å². The van der Waals surface area contributed by atoms with E-state index in [1.807, 2.05) is 12.1 Å². The first-order chi connectivity index (χ1) is 9.72. The zero-order chi connectivity index (χ0) is 14.1. The van der Waals surface area contributed by atoms with Crippen LogP contribution in [0.3, 0.4) is 0 Å². The smallest absolute Gasteiger partial charge is 0.398 e. The van der Waals surface area contributed by atoms with Gasteiger partial charge in [-0.1, -0.05) is 0 Å². The quantitative estimate of drug-likeness (QED) is 0.679. The Morgan fingerprint density at radius 2 is 2.25 bits per heavy atom. The number of ether oxygens (including phenoxy) is 1. The average Bonchev–Trinajstić information content (AvgIpc) is 2.84. The van der Waals surface area contributed by atoms with E-state index >= 15 is 0 Å². The fourth-order valence-electron chi connectivity index (χ4n) is 2.72. The number of carbonyl (C=O) groups is 1. The minimum Gasteiger partial charge on any atom is -0.465 e. The monoisotopic (exact) mass is 271 g/mol. The number of nitrogens with zero attached hydrogens (tertiary/aromatic N) is 1. The molecule has 103 valence electrons. The Labute approximate surface area is 118 Å². The summed E-state index contributed by atoms with van der Waals surface area (Å²) in [5.41, 5.74) is 4.10. The summed E-state index contributed by atoms with van der Waals surface area (Å²) in [4.78, 5) is 17.2. The standard InChI is InChI=1S/C14H16BN2O3/c1-19-14(18)9-3-4-12-10(7-9)11-8-17(15-20-2)6-5-13(11)16-12/h3-4,7,16H,5-6,8H2,1-2H3. The second-order valence-electron chi connectivity index (χ2n) is 4.90. The lowest BCUT2D eigenvalue weighted by molar-refractivity contribution is 0.0601. The highest BCUT2D eigenvalue weighted by Crippen LogP contribution is 2.28. The first-order valence-electron chi connectivity index (χ1n) is 6.55. The molecular weight excluding hydrogens is 255 g/mol. The molecular formula is C14H16BN2O3. The number of carbonyl (C=O) groups excluding carboxylic acids is 1. The zero-order valence-electron chi connectivity index (χ0n) is 11.6. The molecule has 1 aliphatic heterocycles. The number of benzene rings is 1. The van der Waals surface area contributed by atoms with Gasteiger partial charge in [0.15, 0.2) is 0 Å². The highest BCUT2D eigenvalue weighted by molar-refractivity contribution is 6.23. The van der Waals surface area contributed by atoms with Gasteiger partial charge in [-0.2, -0.15) is 0 Å². The van der Waals surface area contributed by atoms with Crippen molar-refractivity contribution in [1.82, 2.24) is 9.79 Å². The maximum atomic E-state index is 11.6. The maximum Gasteiger partial charge on any atom is 0.398 e. The van der Waals surface area contributed by atoms with Gasteiger partial charge in [-0.15, -0.1) is 0 Å². The molecule has 1 N–H and O–H groups in total. The van der Waals surface area contributed by atoms with Crippen molar-refractivity contribution in [2.75, 3.05) is 20.8 Å². The molecule has 20 heavy (non-hydrogen) atoms. The molecule has 0 unspecified atom stereocenters. The van der Waals surface area contributed by atoms with Crippen molar-refractivity contribution in [2.45, 2.75) is 13.0 Å². The molecule has 0 atom stereocenters. The van der Waals surface area contributed by atoms with Gasteiger partial charge in [-0.05, 0) is 36.7 Å². The van der Waals surface area contributed by atoms with Crippen LogP contribution in [0.15, 0.2) is 18.2 Å². The molecule has 1 radical (unpaired) electrons. The summed E-state index contributed by atoms with van der Waals surface area (Å²) in [5.74, 6) is -0.307. The van der Waals surface area contributed by atoms with Crippen molar-refractivity contribution >= 4 is 24.5 Å². The minimum atomic E-state index is -0.307. The number of aromatic nitrogens is 1. The molecule has 0 saturated heterocycles. The van der Waals surface area contributed by atoms with Crippen molar-refractivity contribution in [3.63, 3.8) is 0 Å². The van der Waals surface area contributed by atoms with Crippen LogP contribution >= 0.6 is 0 Å². The van der Waals surface area contributed by atoms with E-state index in [9.17, 15) is 4.79 Å². The molecule has 2 aromatic rings. The van der Waals surface area contributed by atoms with Crippen molar-refractivity contribution in [3.8, 4) is 0 Å². The highest BCUT2D eigenvalue weighted by atomic mass is 16.5. The van der Waals surface area contributed by atoms with Crippen molar-refractivity contribution < 1.29 is 14.2 Å². The number of methoxy groups -OCH3 is 1. The summed E-state index contributed by atoms with van der Waals surface area (Å²) in [6, 6.07) is 5.62. The van der Waals surface area contributed by atoms with Crippen molar-refractivity contribution in [2.24, 2.45) is 0 Å². The van der Waals surface area contributed by atoms with E-state index in [1.54, 1.807) is 20.8 Å². The van der Waals surface area contributed by atoms with Gasteiger partial charge in [0.1, 0.15) is 0 Å². The van der Waals surface area contributed by atoms with Gasteiger partial charge in [0.05, 0.1) is 12.7 Å². The number of esters is 1. The summed E-state index contributed by atoms with van der Waals surface area (Å²) in [7, 11) is 4.79. The normalized spacial score (nSPS) is 15.1. The largest absolute Gasteiger partial charge is 0.465 e. The molecule has 0 saturated carbocycles. The van der Waals surface area contributed by atoms with Crippen LogP contribution in [0.1, 0.15) is 21.6 Å². The number of hydrogen-bond acceptors (Lipinski definition) is 4. The van der Waals surface area contributed by atoms with E-state index in [1.165, 1.54) is 18.4 Å². The van der Waals surface area contributed by atoms with E-state index in [0.29, 0.717) is 5.56 Å². The number of aromatic amines is 1. The fraction of sp³-hybridized carbons (Fsp3) is 0.357. The summed E-state index contributed by atoms with van der Waals surface area (Å²) < 4.78 is 9.86. The molecule has 1 aromatic heterocycles. The van der Waals surface area contributed by atoms with Crippen LogP contribution in [-0.2, 0) is 22.4 Å². The lowest BCUT2D eigenvalue weighted by Crippen LogP contribution is -2.34. The SMILES string of the molecule is CO[B]N1CCc2[nH]c3ccc(C(=O)OC)cc3c2C1. The third-order valence-electron chi connectivity index (χ3n) is 3.68. The number of nitrogens with one attached hydrogen (secondary N) is 1. The molecule has 1 aromatic carbocycles. The first-order valence-corrected chi connectivity index (χ1v) is 6.55. The average molecular weight is 271 g/mol. The molecule has 3 rings (SSSR count). The second-order valence-corrected chi connectivity index (χ2v) is 4.90. The summed E-state index contributed by atoms with van der Waals surface area (Å²) in [6.07, 6.45) is 0.942. The molecule has 6 heteroatoms. The molecule has 0 bridgehead atoms. The lowest BCUT2D eigenvalue weighted by Gasteiger charge is -2.25. The molecule has 0 spiro atoms. The van der Waals surface area contributed by atoms with Gasteiger partial charge in [0.25, 0.3) is 0 Å².